The lowest BCUT2D eigenvalue weighted by Gasteiger charge is -2.16. The van der Waals surface area contributed by atoms with Crippen LogP contribution in [-0.2, 0) is 5.60 Å². The van der Waals surface area contributed by atoms with Crippen LogP contribution in [0.2, 0.25) is 0 Å². The Morgan fingerprint density at radius 3 is 2.00 bits per heavy atom. The van der Waals surface area contributed by atoms with Gasteiger partial charge < -0.3 is 9.84 Å². The van der Waals surface area contributed by atoms with Crippen molar-refractivity contribution < 1.29 is 23.0 Å². The van der Waals surface area contributed by atoms with Crippen molar-refractivity contribution in [3.8, 4) is 11.4 Å². The van der Waals surface area contributed by atoms with Gasteiger partial charge in [0, 0.05) is 5.69 Å². The maximum absolute atomic E-state index is 12.3. The summed E-state index contributed by atoms with van der Waals surface area (Å²) in [6, 6.07) is 8.89. The minimum absolute atomic E-state index is 0.302. The van der Waals surface area contributed by atoms with Gasteiger partial charge in [-0.15, -0.1) is 13.2 Å². The van der Waals surface area contributed by atoms with Crippen LogP contribution < -0.4 is 4.74 Å². The summed E-state index contributed by atoms with van der Waals surface area (Å²) in [5.74, 6) is 0.323. The molecule has 0 bridgehead atoms. The molecular formula is C23H30F3N3O2. The Labute approximate surface area is 180 Å². The summed E-state index contributed by atoms with van der Waals surface area (Å²) in [7, 11) is 0. The summed E-state index contributed by atoms with van der Waals surface area (Å²) >= 11 is 0. The van der Waals surface area contributed by atoms with E-state index in [1.807, 2.05) is 0 Å². The van der Waals surface area contributed by atoms with E-state index in [-0.39, 0.29) is 5.75 Å². The number of aromatic nitrogens is 3. The number of pyridine rings is 1. The van der Waals surface area contributed by atoms with Gasteiger partial charge in [-0.05, 0) is 57.2 Å². The predicted molar refractivity (Wildman–Crippen MR) is 115 cm³/mol. The van der Waals surface area contributed by atoms with Gasteiger partial charge >= 0.3 is 6.36 Å². The monoisotopic (exact) mass is 437 g/mol. The summed E-state index contributed by atoms with van der Waals surface area (Å²) in [5.41, 5.74) is 1.08. The number of halogens is 3. The zero-order valence-electron chi connectivity index (χ0n) is 18.6. The predicted octanol–water partition coefficient (Wildman–Crippen LogP) is 6.44. The van der Waals surface area contributed by atoms with Crippen LogP contribution in [0.25, 0.3) is 16.9 Å². The Balaban J connectivity index is 0.000000501. The van der Waals surface area contributed by atoms with Crippen molar-refractivity contribution in [2.75, 3.05) is 0 Å². The minimum Gasteiger partial charge on any atom is -0.406 e. The molecule has 0 saturated carbocycles. The molecule has 8 heteroatoms. The molecule has 2 heterocycles. The molecule has 0 spiro atoms. The van der Waals surface area contributed by atoms with E-state index in [1.165, 1.54) is 49.9 Å². The van der Waals surface area contributed by atoms with E-state index in [2.05, 4.69) is 28.6 Å². The molecule has 1 aromatic carbocycles. The number of ether oxygens (including phenoxy) is 1. The average molecular weight is 438 g/mol. The zero-order chi connectivity index (χ0) is 23.2. The number of unbranched alkanes of at least 4 members (excludes halogenated alkanes) is 3. The lowest BCUT2D eigenvalue weighted by atomic mass is 10.1. The van der Waals surface area contributed by atoms with Gasteiger partial charge in [0.25, 0.3) is 0 Å². The quantitative estimate of drug-likeness (QED) is 0.451. The normalized spacial score (nSPS) is 11.9. The van der Waals surface area contributed by atoms with E-state index in [9.17, 15) is 18.3 Å². The topological polar surface area (TPSA) is 60.2 Å². The van der Waals surface area contributed by atoms with E-state index in [0.29, 0.717) is 28.4 Å². The first-order chi connectivity index (χ1) is 14.5. The summed E-state index contributed by atoms with van der Waals surface area (Å²) in [4.78, 5) is 8.87. The smallest absolute Gasteiger partial charge is 0.406 e. The molecule has 0 fully saturated rings. The molecule has 0 atom stereocenters. The van der Waals surface area contributed by atoms with Crippen LogP contribution >= 0.6 is 0 Å². The van der Waals surface area contributed by atoms with Crippen molar-refractivity contribution in [2.45, 2.75) is 72.3 Å². The number of alkyl halides is 3. The van der Waals surface area contributed by atoms with Crippen molar-refractivity contribution >= 4 is 11.2 Å². The van der Waals surface area contributed by atoms with Crippen molar-refractivity contribution in [1.29, 1.82) is 0 Å². The van der Waals surface area contributed by atoms with Gasteiger partial charge in [0.05, 0.1) is 5.69 Å². The van der Waals surface area contributed by atoms with Crippen molar-refractivity contribution in [2.24, 2.45) is 0 Å². The van der Waals surface area contributed by atoms with Gasteiger partial charge in [0.2, 0.25) is 0 Å². The number of aliphatic hydroxyl groups is 1. The van der Waals surface area contributed by atoms with Crippen molar-refractivity contribution in [3.63, 3.8) is 0 Å². The number of nitrogens with zero attached hydrogens (tertiary/aromatic N) is 3. The first kappa shape index (κ1) is 24.7. The van der Waals surface area contributed by atoms with Gasteiger partial charge in [0.15, 0.2) is 5.65 Å². The summed E-state index contributed by atoms with van der Waals surface area (Å²) in [6.45, 7) is 9.48. The molecule has 1 N–H and O–H groups in total. The average Bonchev–Trinajstić information content (AvgIpc) is 3.00. The highest BCUT2D eigenvalue weighted by Gasteiger charge is 2.31. The second-order valence-corrected chi connectivity index (χ2v) is 7.84. The van der Waals surface area contributed by atoms with Gasteiger partial charge in [-0.1, -0.05) is 39.5 Å². The Hall–Kier alpha value is -2.61. The molecule has 0 aliphatic heterocycles. The molecule has 0 amide bonds. The molecule has 3 aromatic rings. The zero-order valence-corrected chi connectivity index (χ0v) is 18.6. The molecule has 170 valence electrons. The second-order valence-electron chi connectivity index (χ2n) is 7.84. The minimum atomic E-state index is -4.73. The summed E-state index contributed by atoms with van der Waals surface area (Å²) in [6.07, 6.45) is 0.803. The van der Waals surface area contributed by atoms with Gasteiger partial charge in [-0.2, -0.15) is 0 Å². The highest BCUT2D eigenvalue weighted by Crippen LogP contribution is 2.27. The number of fused-ring (bicyclic) bond motifs is 1. The number of benzene rings is 1. The van der Waals surface area contributed by atoms with Crippen LogP contribution in [0.15, 0.2) is 36.4 Å². The maximum Gasteiger partial charge on any atom is 0.573 e. The number of hydrogen-bond donors (Lipinski definition) is 1. The Morgan fingerprint density at radius 1 is 0.935 bits per heavy atom. The highest BCUT2D eigenvalue weighted by molar-refractivity contribution is 5.74. The SMILES string of the molecule is CCCCCC.Cc1nc2ccc(C(C)(C)O)nc2n1-c1ccc(OC(F)(F)F)cc1. The second kappa shape index (κ2) is 10.1. The molecule has 0 radical (unpaired) electrons. The third kappa shape index (κ3) is 6.95. The lowest BCUT2D eigenvalue weighted by molar-refractivity contribution is -0.274. The fraction of sp³-hybridized carbons (Fsp3) is 0.478. The van der Waals surface area contributed by atoms with Crippen LogP contribution in [0.3, 0.4) is 0 Å². The molecule has 3 rings (SSSR count). The number of rotatable bonds is 6. The van der Waals surface area contributed by atoms with E-state index in [0.717, 1.165) is 0 Å². The largest absolute Gasteiger partial charge is 0.573 e. The Bertz CT molecular complexity index is 971. The Morgan fingerprint density at radius 2 is 1.52 bits per heavy atom. The van der Waals surface area contributed by atoms with E-state index >= 15 is 0 Å². The Kier molecular flexibility index (Phi) is 8.06. The summed E-state index contributed by atoms with van der Waals surface area (Å²) < 4.78 is 42.4. The van der Waals surface area contributed by atoms with Gasteiger partial charge in [-0.3, -0.25) is 4.57 Å². The number of aryl methyl sites for hydroxylation is 1. The molecular weight excluding hydrogens is 407 g/mol. The fourth-order valence-electron chi connectivity index (χ4n) is 3.02. The van der Waals surface area contributed by atoms with E-state index in [4.69, 9.17) is 0 Å². The summed E-state index contributed by atoms with van der Waals surface area (Å²) in [5, 5.41) is 10.1. The molecule has 31 heavy (non-hydrogen) atoms. The standard InChI is InChI=1S/C17H16F3N3O2.C6H14/c1-10-21-13-8-9-14(16(2,3)24)22-15(13)23(10)11-4-6-12(7-5-11)25-17(18,19)20;1-3-5-6-4-2/h4-9,24H,1-3H3;3-6H2,1-2H3. The third-order valence-electron chi connectivity index (χ3n) is 4.58. The van der Waals surface area contributed by atoms with Gasteiger partial charge in [-0.25, -0.2) is 9.97 Å². The molecule has 0 aliphatic rings. The third-order valence-corrected chi connectivity index (χ3v) is 4.58. The highest BCUT2D eigenvalue weighted by atomic mass is 19.4. The van der Waals surface area contributed by atoms with Crippen molar-refractivity contribution in [3.05, 3.63) is 47.9 Å². The van der Waals surface area contributed by atoms with Crippen molar-refractivity contribution in [1.82, 2.24) is 14.5 Å². The van der Waals surface area contributed by atoms with Crippen LogP contribution in [0.5, 0.6) is 5.75 Å². The molecule has 0 unspecified atom stereocenters. The van der Waals surface area contributed by atoms with Crippen LogP contribution in [0, 0.1) is 6.92 Å². The molecule has 5 nitrogen and oxygen atoms in total. The maximum atomic E-state index is 12.3. The molecule has 2 aromatic heterocycles. The van der Waals surface area contributed by atoms with Gasteiger partial charge in [0.1, 0.15) is 22.7 Å². The van der Waals surface area contributed by atoms with Crippen LogP contribution in [0.4, 0.5) is 13.2 Å². The lowest BCUT2D eigenvalue weighted by Crippen LogP contribution is -2.17. The molecule has 0 aliphatic carbocycles. The number of hydrogen-bond acceptors (Lipinski definition) is 4. The van der Waals surface area contributed by atoms with Crippen LogP contribution in [-0.4, -0.2) is 26.0 Å². The molecule has 0 saturated heterocycles. The van der Waals surface area contributed by atoms with E-state index < -0.39 is 12.0 Å². The van der Waals surface area contributed by atoms with Crippen LogP contribution in [0.1, 0.15) is 64.9 Å². The fourth-order valence-corrected chi connectivity index (χ4v) is 3.02. The first-order valence-electron chi connectivity index (χ1n) is 10.4. The number of imidazole rings is 1. The van der Waals surface area contributed by atoms with E-state index in [1.54, 1.807) is 37.5 Å². The first-order valence-corrected chi connectivity index (χ1v) is 10.4.